The van der Waals surface area contributed by atoms with Crippen molar-refractivity contribution in [2.24, 2.45) is 0 Å². The van der Waals surface area contributed by atoms with Crippen molar-refractivity contribution in [3.05, 3.63) is 59.7 Å². The molecule has 0 radical (unpaired) electrons. The Bertz CT molecular complexity index is 969. The van der Waals surface area contributed by atoms with E-state index >= 15 is 0 Å². The van der Waals surface area contributed by atoms with E-state index in [0.717, 1.165) is 12.0 Å². The predicted octanol–water partition coefficient (Wildman–Crippen LogP) is 3.86. The summed E-state index contributed by atoms with van der Waals surface area (Å²) in [5.74, 6) is -0.501. The van der Waals surface area contributed by atoms with Crippen LogP contribution in [0, 0.1) is 0 Å². The van der Waals surface area contributed by atoms with Gasteiger partial charge in [0.2, 0.25) is 0 Å². The van der Waals surface area contributed by atoms with Crippen molar-refractivity contribution in [2.45, 2.75) is 20.3 Å². The Morgan fingerprint density at radius 2 is 1.81 bits per heavy atom. The largest absolute Gasteiger partial charge is 0.490 e. The van der Waals surface area contributed by atoms with Gasteiger partial charge >= 0.3 is 11.9 Å². The van der Waals surface area contributed by atoms with E-state index in [0.29, 0.717) is 36.0 Å². The van der Waals surface area contributed by atoms with E-state index in [4.69, 9.17) is 14.2 Å². The number of nitrogens with one attached hydrogen (secondary N) is 1. The van der Waals surface area contributed by atoms with Crippen LogP contribution in [0.15, 0.2) is 48.5 Å². The average molecular weight is 441 g/mol. The highest BCUT2D eigenvalue weighted by molar-refractivity contribution is 5.96. The summed E-state index contributed by atoms with van der Waals surface area (Å²) in [6.45, 7) is 4.48. The monoisotopic (exact) mass is 441 g/mol. The third-order valence-electron chi connectivity index (χ3n) is 4.05. The first-order valence-corrected chi connectivity index (χ1v) is 10.2. The van der Waals surface area contributed by atoms with Gasteiger partial charge in [-0.25, -0.2) is 9.59 Å². The molecule has 0 aliphatic rings. The maximum Gasteiger partial charge on any atom is 0.337 e. The molecule has 0 saturated carbocycles. The summed E-state index contributed by atoms with van der Waals surface area (Å²) in [6, 6.07) is 11.6. The molecule has 0 spiro atoms. The molecule has 0 aliphatic carbocycles. The van der Waals surface area contributed by atoms with E-state index in [9.17, 15) is 14.4 Å². The van der Waals surface area contributed by atoms with E-state index in [1.807, 2.05) is 13.8 Å². The van der Waals surface area contributed by atoms with Crippen molar-refractivity contribution in [1.29, 1.82) is 0 Å². The van der Waals surface area contributed by atoms with E-state index in [-0.39, 0.29) is 0 Å². The molecule has 0 aromatic heterocycles. The van der Waals surface area contributed by atoms with E-state index in [1.54, 1.807) is 42.5 Å². The highest BCUT2D eigenvalue weighted by atomic mass is 16.5. The Balaban J connectivity index is 1.90. The highest BCUT2D eigenvalue weighted by Gasteiger charge is 2.10. The van der Waals surface area contributed by atoms with E-state index in [1.165, 1.54) is 19.3 Å². The van der Waals surface area contributed by atoms with Crippen molar-refractivity contribution < 1.29 is 33.3 Å². The fourth-order valence-electron chi connectivity index (χ4n) is 2.62. The van der Waals surface area contributed by atoms with Gasteiger partial charge in [-0.2, -0.15) is 0 Å². The van der Waals surface area contributed by atoms with Crippen LogP contribution in [-0.4, -0.2) is 44.8 Å². The molecule has 2 rings (SSSR count). The molecule has 0 heterocycles. The smallest absolute Gasteiger partial charge is 0.337 e. The van der Waals surface area contributed by atoms with Crippen LogP contribution in [0.5, 0.6) is 11.5 Å². The van der Waals surface area contributed by atoms with Crippen molar-refractivity contribution >= 4 is 29.6 Å². The van der Waals surface area contributed by atoms with Crippen LogP contribution in [0.25, 0.3) is 6.08 Å². The molecule has 0 saturated heterocycles. The Hall–Kier alpha value is -3.81. The van der Waals surface area contributed by atoms with Crippen LogP contribution in [-0.2, 0) is 19.1 Å². The van der Waals surface area contributed by atoms with Crippen molar-refractivity contribution in [3.63, 3.8) is 0 Å². The topological polar surface area (TPSA) is 100 Å². The summed E-state index contributed by atoms with van der Waals surface area (Å²) in [6.07, 6.45) is 3.67. The standard InChI is InChI=1S/C24H27NO7/c1-4-13-31-20-11-9-17(14-21(20)30-5-2)10-12-23(27)32-16-22(26)25-19-8-6-7-18(15-19)24(28)29-3/h6-12,14-15H,4-5,13,16H2,1-3H3,(H,25,26)/b12-10+. The van der Waals surface area contributed by atoms with Crippen LogP contribution in [0.1, 0.15) is 36.2 Å². The fraction of sp³-hybridized carbons (Fsp3) is 0.292. The van der Waals surface area contributed by atoms with Crippen molar-refractivity contribution in [2.75, 3.05) is 32.2 Å². The number of anilines is 1. The number of hydrogen-bond donors (Lipinski definition) is 1. The summed E-state index contributed by atoms with van der Waals surface area (Å²) < 4.78 is 20.8. The normalized spacial score (nSPS) is 10.5. The third kappa shape index (κ3) is 7.79. The number of rotatable bonds is 11. The molecular formula is C24H27NO7. The molecule has 1 N–H and O–H groups in total. The zero-order valence-corrected chi connectivity index (χ0v) is 18.4. The minimum Gasteiger partial charge on any atom is -0.490 e. The zero-order chi connectivity index (χ0) is 23.3. The van der Waals surface area contributed by atoms with Gasteiger partial charge in [-0.15, -0.1) is 0 Å². The number of ether oxygens (including phenoxy) is 4. The number of methoxy groups -OCH3 is 1. The zero-order valence-electron chi connectivity index (χ0n) is 18.4. The summed E-state index contributed by atoms with van der Waals surface area (Å²) in [5.41, 5.74) is 1.40. The lowest BCUT2D eigenvalue weighted by atomic mass is 10.2. The van der Waals surface area contributed by atoms with Crippen LogP contribution >= 0.6 is 0 Å². The lowest BCUT2D eigenvalue weighted by Gasteiger charge is -2.12. The summed E-state index contributed by atoms with van der Waals surface area (Å²) in [7, 11) is 1.27. The van der Waals surface area contributed by atoms with Crippen LogP contribution < -0.4 is 14.8 Å². The maximum atomic E-state index is 12.0. The lowest BCUT2D eigenvalue weighted by molar-refractivity contribution is -0.142. The Morgan fingerprint density at radius 3 is 2.53 bits per heavy atom. The van der Waals surface area contributed by atoms with E-state index < -0.39 is 24.5 Å². The second-order valence-corrected chi connectivity index (χ2v) is 6.55. The Labute approximate surface area is 187 Å². The minimum absolute atomic E-state index is 0.294. The molecule has 8 heteroatoms. The first-order valence-electron chi connectivity index (χ1n) is 10.2. The summed E-state index contributed by atoms with van der Waals surface area (Å²) in [4.78, 5) is 35.5. The molecule has 2 aromatic carbocycles. The van der Waals surface area contributed by atoms with Crippen molar-refractivity contribution in [3.8, 4) is 11.5 Å². The third-order valence-corrected chi connectivity index (χ3v) is 4.05. The molecule has 32 heavy (non-hydrogen) atoms. The summed E-state index contributed by atoms with van der Waals surface area (Å²) in [5, 5.41) is 2.56. The quantitative estimate of drug-likeness (QED) is 0.417. The average Bonchev–Trinajstić information content (AvgIpc) is 2.80. The number of benzene rings is 2. The molecule has 8 nitrogen and oxygen atoms in total. The fourth-order valence-corrected chi connectivity index (χ4v) is 2.62. The van der Waals surface area contributed by atoms with Crippen LogP contribution in [0.4, 0.5) is 5.69 Å². The van der Waals surface area contributed by atoms with Crippen LogP contribution in [0.2, 0.25) is 0 Å². The molecule has 2 aromatic rings. The van der Waals surface area contributed by atoms with Gasteiger partial charge in [0.1, 0.15) is 0 Å². The van der Waals surface area contributed by atoms with Gasteiger partial charge in [0.25, 0.3) is 5.91 Å². The molecule has 1 amide bonds. The highest BCUT2D eigenvalue weighted by Crippen LogP contribution is 2.29. The first-order chi connectivity index (χ1) is 15.5. The van der Waals surface area contributed by atoms with Gasteiger partial charge in [-0.1, -0.05) is 19.1 Å². The van der Waals surface area contributed by atoms with Gasteiger partial charge < -0.3 is 24.3 Å². The molecular weight excluding hydrogens is 414 g/mol. The molecule has 0 atom stereocenters. The maximum absolute atomic E-state index is 12.0. The molecule has 0 unspecified atom stereocenters. The summed E-state index contributed by atoms with van der Waals surface area (Å²) >= 11 is 0. The second-order valence-electron chi connectivity index (χ2n) is 6.55. The second kappa shape index (κ2) is 12.8. The minimum atomic E-state index is -0.673. The Morgan fingerprint density at radius 1 is 1.00 bits per heavy atom. The van der Waals surface area contributed by atoms with Gasteiger partial charge in [-0.3, -0.25) is 4.79 Å². The molecule has 0 fully saturated rings. The SMILES string of the molecule is CCCOc1ccc(/C=C/C(=O)OCC(=O)Nc2cccc(C(=O)OC)c2)cc1OCC. The van der Waals surface area contributed by atoms with Crippen LogP contribution in [0.3, 0.4) is 0 Å². The number of carbonyl (C=O) groups excluding carboxylic acids is 3. The predicted molar refractivity (Wildman–Crippen MR) is 120 cm³/mol. The lowest BCUT2D eigenvalue weighted by Crippen LogP contribution is -2.20. The van der Waals surface area contributed by atoms with E-state index in [2.05, 4.69) is 10.1 Å². The first kappa shape index (κ1) is 24.5. The number of carbonyl (C=O) groups is 3. The molecule has 170 valence electrons. The molecule has 0 bridgehead atoms. The number of hydrogen-bond acceptors (Lipinski definition) is 7. The number of amides is 1. The Kier molecular flexibility index (Phi) is 9.77. The molecule has 0 aliphatic heterocycles. The van der Waals surface area contributed by atoms with Gasteiger partial charge in [0, 0.05) is 11.8 Å². The van der Waals surface area contributed by atoms with Gasteiger partial charge in [0.05, 0.1) is 25.9 Å². The van der Waals surface area contributed by atoms with Gasteiger partial charge in [-0.05, 0) is 55.3 Å². The van der Waals surface area contributed by atoms with Crippen molar-refractivity contribution in [1.82, 2.24) is 0 Å². The number of esters is 2. The van der Waals surface area contributed by atoms with Gasteiger partial charge in [0.15, 0.2) is 18.1 Å².